The molecule has 238 valence electrons. The minimum Gasteiger partial charge on any atom is -0.504 e. The van der Waals surface area contributed by atoms with Crippen molar-refractivity contribution in [2.24, 2.45) is 0 Å². The Morgan fingerprint density at radius 2 is 1.57 bits per heavy atom. The van der Waals surface area contributed by atoms with Gasteiger partial charge in [-0.2, -0.15) is 0 Å². The number of benzene rings is 4. The van der Waals surface area contributed by atoms with Crippen LogP contribution in [0.4, 0.5) is 0 Å². The number of nitrogens with zero attached hydrogens (tertiary/aromatic N) is 2. The molecule has 0 fully saturated rings. The fourth-order valence-electron chi connectivity index (χ4n) is 7.28. The zero-order valence-corrected chi connectivity index (χ0v) is 27.5. The molecule has 46 heavy (non-hydrogen) atoms. The Morgan fingerprint density at radius 3 is 2.30 bits per heavy atom. The van der Waals surface area contributed by atoms with Gasteiger partial charge in [-0.05, 0) is 59.2 Å². The molecule has 5 heterocycles. The first-order valence-electron chi connectivity index (χ1n) is 15.8. The molecule has 5 aliphatic heterocycles. The lowest BCUT2D eigenvalue weighted by Gasteiger charge is -2.43. The number of quaternary nitrogens is 1. The lowest BCUT2D eigenvalue weighted by Crippen LogP contribution is -2.48. The second-order valence-corrected chi connectivity index (χ2v) is 13.1. The minimum absolute atomic E-state index is 0.0486. The van der Waals surface area contributed by atoms with E-state index in [4.69, 9.17) is 23.7 Å². The standard InChI is InChI=1S/C38H41N2O6/c1-39-15-13-25-20-34(43-5)36-22-28(25)30(39)17-24-9-12-33(42-4)35(19-24)45-26-10-7-23(8-11-26)18-31-29-21-32(41)38(46-36)37(44-6)27(29)14-16-40(31,2)3/h7-12,19-22,31H,13-18H2,1-6H3/q+1/p+1. The van der Waals surface area contributed by atoms with Gasteiger partial charge < -0.3 is 33.3 Å². The van der Waals surface area contributed by atoms with Crippen LogP contribution in [0.25, 0.3) is 0 Å². The van der Waals surface area contributed by atoms with E-state index in [1.54, 1.807) is 21.3 Å². The van der Waals surface area contributed by atoms with Gasteiger partial charge in [-0.15, -0.1) is 0 Å². The third kappa shape index (κ3) is 5.20. The molecular weight excluding hydrogens is 580 g/mol. The van der Waals surface area contributed by atoms with E-state index in [2.05, 4.69) is 56.1 Å². The SMILES string of the molecule is COc1ccc2cc1Oc1ccc(cc1)CC1c3cc(O)c(c(OC)c3CC[N+]1(C)C)Oc1cc3c(cc1OC)CC[N+](C)=C3C2. The van der Waals surface area contributed by atoms with E-state index in [1.165, 1.54) is 11.1 Å². The second-order valence-electron chi connectivity index (χ2n) is 13.1. The monoisotopic (exact) mass is 622 g/mol. The van der Waals surface area contributed by atoms with Crippen LogP contribution >= 0.6 is 0 Å². The number of likely N-dealkylation sites (N-methyl/N-ethyl adjacent to an activating group) is 2. The molecule has 1 unspecified atom stereocenters. The summed E-state index contributed by atoms with van der Waals surface area (Å²) in [6.07, 6.45) is 3.14. The number of hydrogen-bond donors (Lipinski definition) is 1. The van der Waals surface area contributed by atoms with Gasteiger partial charge >= 0.3 is 0 Å². The number of phenols is 1. The average Bonchev–Trinajstić information content (AvgIpc) is 3.04. The van der Waals surface area contributed by atoms with E-state index in [0.29, 0.717) is 40.9 Å². The summed E-state index contributed by atoms with van der Waals surface area (Å²) in [5.74, 6) is 4.18. The largest absolute Gasteiger partial charge is 0.504 e. The van der Waals surface area contributed by atoms with Gasteiger partial charge in [0, 0.05) is 36.0 Å². The summed E-state index contributed by atoms with van der Waals surface area (Å²) >= 11 is 0. The van der Waals surface area contributed by atoms with Gasteiger partial charge in [0.05, 0.1) is 48.4 Å². The van der Waals surface area contributed by atoms with E-state index < -0.39 is 0 Å². The molecular formula is C38H42N2O6+2. The summed E-state index contributed by atoms with van der Waals surface area (Å²) in [5, 5.41) is 11.6. The normalized spacial score (nSPS) is 18.0. The van der Waals surface area contributed by atoms with Gasteiger partial charge in [0.1, 0.15) is 25.4 Å². The van der Waals surface area contributed by atoms with Crippen LogP contribution < -0.4 is 23.7 Å². The minimum atomic E-state index is 0.0486. The Morgan fingerprint density at radius 1 is 0.826 bits per heavy atom. The molecule has 0 radical (unpaired) electrons. The van der Waals surface area contributed by atoms with Crippen LogP contribution in [0, 0.1) is 0 Å². The number of methoxy groups -OCH3 is 3. The van der Waals surface area contributed by atoms with Crippen LogP contribution in [0.2, 0.25) is 0 Å². The highest BCUT2D eigenvalue weighted by atomic mass is 16.5. The highest BCUT2D eigenvalue weighted by Crippen LogP contribution is 2.51. The van der Waals surface area contributed by atoms with Crippen molar-refractivity contribution in [1.82, 2.24) is 0 Å². The van der Waals surface area contributed by atoms with E-state index in [-0.39, 0.29) is 11.8 Å². The Bertz CT molecular complexity index is 1860. The van der Waals surface area contributed by atoms with Gasteiger partial charge in [0.2, 0.25) is 5.75 Å². The molecule has 0 aromatic heterocycles. The van der Waals surface area contributed by atoms with Crippen LogP contribution in [-0.4, -0.2) is 75.4 Å². The molecule has 0 aliphatic carbocycles. The lowest BCUT2D eigenvalue weighted by atomic mass is 9.86. The van der Waals surface area contributed by atoms with Crippen LogP contribution in [0.1, 0.15) is 39.4 Å². The van der Waals surface area contributed by atoms with Crippen LogP contribution in [0.3, 0.4) is 0 Å². The van der Waals surface area contributed by atoms with Crippen molar-refractivity contribution in [3.8, 4) is 46.0 Å². The fraction of sp³-hybridized carbons (Fsp3) is 0.342. The summed E-state index contributed by atoms with van der Waals surface area (Å²) in [4.78, 5) is 0. The molecule has 8 heteroatoms. The number of fused-ring (bicyclic) bond motifs is 1. The topological polar surface area (TPSA) is 69.4 Å². The first kappa shape index (κ1) is 30.0. The summed E-state index contributed by atoms with van der Waals surface area (Å²) in [5.41, 5.74) is 7.86. The van der Waals surface area contributed by atoms with E-state index in [1.807, 2.05) is 30.3 Å². The van der Waals surface area contributed by atoms with Crippen LogP contribution in [0.15, 0.2) is 60.7 Å². The maximum Gasteiger partial charge on any atom is 0.211 e. The zero-order valence-electron chi connectivity index (χ0n) is 27.5. The molecule has 5 aliphatic rings. The molecule has 0 saturated heterocycles. The zero-order chi connectivity index (χ0) is 32.2. The van der Waals surface area contributed by atoms with Gasteiger partial charge in [-0.1, -0.05) is 18.2 Å². The van der Waals surface area contributed by atoms with Crippen molar-refractivity contribution in [1.29, 1.82) is 0 Å². The molecule has 4 aromatic carbocycles. The maximum atomic E-state index is 11.6. The molecule has 0 amide bonds. The average molecular weight is 623 g/mol. The first-order valence-corrected chi connectivity index (χ1v) is 15.8. The highest BCUT2D eigenvalue weighted by molar-refractivity contribution is 6.01. The Labute approximate surface area is 270 Å². The quantitative estimate of drug-likeness (QED) is 0.209. The van der Waals surface area contributed by atoms with Crippen LogP contribution in [0.5, 0.6) is 46.0 Å². The van der Waals surface area contributed by atoms with E-state index >= 15 is 0 Å². The van der Waals surface area contributed by atoms with Gasteiger partial charge in [-0.25, -0.2) is 4.58 Å². The molecule has 1 N–H and O–H groups in total. The Kier molecular flexibility index (Phi) is 7.56. The smallest absolute Gasteiger partial charge is 0.211 e. The molecule has 0 spiro atoms. The maximum absolute atomic E-state index is 11.6. The number of phenolic OH excluding ortho intramolecular Hbond substituents is 1. The number of aromatic hydroxyl groups is 1. The molecule has 8 nitrogen and oxygen atoms in total. The first-order chi connectivity index (χ1) is 22.2. The van der Waals surface area contributed by atoms with Crippen LogP contribution in [-0.2, 0) is 25.7 Å². The fourth-order valence-corrected chi connectivity index (χ4v) is 7.28. The van der Waals surface area contributed by atoms with Crippen molar-refractivity contribution >= 4 is 5.71 Å². The molecule has 9 rings (SSSR count). The third-order valence-corrected chi connectivity index (χ3v) is 9.97. The molecule has 1 atom stereocenters. The molecule has 4 aromatic rings. The number of rotatable bonds is 3. The van der Waals surface area contributed by atoms with Crippen molar-refractivity contribution in [3.63, 3.8) is 0 Å². The molecule has 0 saturated carbocycles. The summed E-state index contributed by atoms with van der Waals surface area (Å²) in [6, 6.07) is 20.5. The van der Waals surface area contributed by atoms with Gasteiger partial charge in [0.25, 0.3) is 0 Å². The lowest BCUT2D eigenvalue weighted by molar-refractivity contribution is -0.923. The number of ether oxygens (including phenoxy) is 5. The van der Waals surface area contributed by atoms with E-state index in [9.17, 15) is 5.11 Å². The predicted octanol–water partition coefficient (Wildman–Crippen LogP) is 6.46. The Hall–Kier alpha value is -4.69. The number of hydrogen-bond acceptors (Lipinski definition) is 6. The summed E-state index contributed by atoms with van der Waals surface area (Å²) in [7, 11) is 11.6. The van der Waals surface area contributed by atoms with Crippen molar-refractivity contribution in [2.75, 3.05) is 55.6 Å². The third-order valence-electron chi connectivity index (χ3n) is 9.97. The Balaban J connectivity index is 1.44. The van der Waals surface area contributed by atoms with Gasteiger partial charge in [0.15, 0.2) is 40.2 Å². The molecule has 10 bridgehead atoms. The summed E-state index contributed by atoms with van der Waals surface area (Å²) < 4.78 is 33.7. The highest BCUT2D eigenvalue weighted by Gasteiger charge is 2.39. The van der Waals surface area contributed by atoms with Crippen molar-refractivity contribution < 1.29 is 37.8 Å². The summed E-state index contributed by atoms with van der Waals surface area (Å²) in [6.45, 7) is 1.80. The van der Waals surface area contributed by atoms with E-state index in [0.717, 1.165) is 70.6 Å². The van der Waals surface area contributed by atoms with Crippen molar-refractivity contribution in [3.05, 3.63) is 94.0 Å². The van der Waals surface area contributed by atoms with Gasteiger partial charge in [-0.3, -0.25) is 0 Å². The second kappa shape index (κ2) is 11.6. The van der Waals surface area contributed by atoms with Crippen molar-refractivity contribution in [2.45, 2.75) is 31.7 Å². The predicted molar refractivity (Wildman–Crippen MR) is 177 cm³/mol.